The van der Waals surface area contributed by atoms with Gasteiger partial charge >= 0.3 is 5.97 Å². The molecule has 0 spiro atoms. The van der Waals surface area contributed by atoms with Crippen molar-refractivity contribution in [2.24, 2.45) is 0 Å². The van der Waals surface area contributed by atoms with Crippen molar-refractivity contribution in [3.63, 3.8) is 0 Å². The van der Waals surface area contributed by atoms with Crippen LogP contribution in [0.3, 0.4) is 0 Å². The van der Waals surface area contributed by atoms with Gasteiger partial charge in [0.1, 0.15) is 6.04 Å². The number of halogens is 2. The highest BCUT2D eigenvalue weighted by atomic mass is 35.5. The number of benzene rings is 1. The fourth-order valence-corrected chi connectivity index (χ4v) is 1.84. The van der Waals surface area contributed by atoms with Crippen LogP contribution >= 0.6 is 23.2 Å². The molecule has 0 saturated heterocycles. The molecule has 0 bridgehead atoms. The summed E-state index contributed by atoms with van der Waals surface area (Å²) in [6.07, 6.45) is 0. The summed E-state index contributed by atoms with van der Waals surface area (Å²) < 4.78 is 4.65. The van der Waals surface area contributed by atoms with Crippen molar-refractivity contribution in [2.45, 2.75) is 6.04 Å². The molecule has 4 nitrogen and oxygen atoms in total. The largest absolute Gasteiger partial charge is 0.468 e. The maximum Gasteiger partial charge on any atom is 0.327 e. The number of carbonyl (C=O) groups is 1. The summed E-state index contributed by atoms with van der Waals surface area (Å²) in [4.78, 5) is 11.6. The van der Waals surface area contributed by atoms with E-state index < -0.39 is 12.0 Å². The first-order chi connectivity index (χ1) is 8.10. The molecule has 0 aromatic heterocycles. The lowest BCUT2D eigenvalue weighted by molar-refractivity contribution is -0.143. The Labute approximate surface area is 109 Å². The minimum atomic E-state index is -0.774. The summed E-state index contributed by atoms with van der Waals surface area (Å²) in [6.45, 7) is 0.0126. The summed E-state index contributed by atoms with van der Waals surface area (Å²) >= 11 is 11.8. The molecule has 0 heterocycles. The number of ether oxygens (including phenoxy) is 1. The van der Waals surface area contributed by atoms with Crippen LogP contribution in [-0.4, -0.2) is 19.6 Å². The standard InChI is InChI=1S/C11H10Cl2N2O2/c1-17-11(16)10(15-5-4-14)8-3-2-7(12)6-9(8)13/h2-3,6,10,15H,5H2,1H3. The molecule has 1 aromatic carbocycles. The highest BCUT2D eigenvalue weighted by Crippen LogP contribution is 2.26. The van der Waals surface area contributed by atoms with E-state index in [1.807, 2.05) is 6.07 Å². The van der Waals surface area contributed by atoms with Crippen molar-refractivity contribution in [2.75, 3.05) is 13.7 Å². The minimum absolute atomic E-state index is 0.0126. The van der Waals surface area contributed by atoms with Gasteiger partial charge in [0, 0.05) is 10.0 Å². The lowest BCUT2D eigenvalue weighted by Gasteiger charge is -2.16. The summed E-state index contributed by atoms with van der Waals surface area (Å²) in [5.41, 5.74) is 0.526. The SMILES string of the molecule is COC(=O)C(NCC#N)c1ccc(Cl)cc1Cl. The average Bonchev–Trinajstić information content (AvgIpc) is 2.31. The number of nitriles is 1. The van der Waals surface area contributed by atoms with E-state index >= 15 is 0 Å². The zero-order valence-electron chi connectivity index (χ0n) is 9.04. The molecule has 1 atom stereocenters. The van der Waals surface area contributed by atoms with E-state index in [2.05, 4.69) is 10.1 Å². The van der Waals surface area contributed by atoms with Crippen LogP contribution in [0.5, 0.6) is 0 Å². The topological polar surface area (TPSA) is 62.1 Å². The van der Waals surface area contributed by atoms with Gasteiger partial charge in [-0.15, -0.1) is 0 Å². The van der Waals surface area contributed by atoms with Gasteiger partial charge in [-0.05, 0) is 17.7 Å². The van der Waals surface area contributed by atoms with E-state index in [0.717, 1.165) is 0 Å². The molecular weight excluding hydrogens is 263 g/mol. The van der Waals surface area contributed by atoms with Crippen molar-refractivity contribution in [3.05, 3.63) is 33.8 Å². The van der Waals surface area contributed by atoms with Crippen molar-refractivity contribution in [1.29, 1.82) is 5.26 Å². The molecule has 1 aromatic rings. The Morgan fingerprint density at radius 1 is 1.59 bits per heavy atom. The second-order valence-corrected chi connectivity index (χ2v) is 4.00. The lowest BCUT2D eigenvalue weighted by Crippen LogP contribution is -2.30. The number of nitrogens with zero attached hydrogens (tertiary/aromatic N) is 1. The van der Waals surface area contributed by atoms with Crippen molar-refractivity contribution >= 4 is 29.2 Å². The van der Waals surface area contributed by atoms with Gasteiger partial charge in [-0.3, -0.25) is 5.32 Å². The van der Waals surface area contributed by atoms with Crippen molar-refractivity contribution < 1.29 is 9.53 Å². The zero-order valence-corrected chi connectivity index (χ0v) is 10.5. The van der Waals surface area contributed by atoms with Crippen LogP contribution in [-0.2, 0) is 9.53 Å². The first-order valence-corrected chi connectivity index (χ1v) is 5.49. The lowest BCUT2D eigenvalue weighted by atomic mass is 10.1. The molecule has 90 valence electrons. The quantitative estimate of drug-likeness (QED) is 0.675. The molecule has 0 aliphatic heterocycles. The Hall–Kier alpha value is -1.28. The van der Waals surface area contributed by atoms with Crippen LogP contribution in [0.2, 0.25) is 10.0 Å². The van der Waals surface area contributed by atoms with E-state index in [4.69, 9.17) is 28.5 Å². The van der Waals surface area contributed by atoms with Crippen LogP contribution in [0, 0.1) is 11.3 Å². The number of nitrogens with one attached hydrogen (secondary N) is 1. The average molecular weight is 273 g/mol. The predicted octanol–water partition coefficient (Wildman–Crippen LogP) is 2.32. The van der Waals surface area contributed by atoms with E-state index in [-0.39, 0.29) is 6.54 Å². The molecule has 1 unspecified atom stereocenters. The van der Waals surface area contributed by atoms with Crippen LogP contribution < -0.4 is 5.32 Å². The maximum atomic E-state index is 11.6. The van der Waals surface area contributed by atoms with Crippen LogP contribution in [0.25, 0.3) is 0 Å². The van der Waals surface area contributed by atoms with Gasteiger partial charge in [0.15, 0.2) is 0 Å². The Balaban J connectivity index is 3.04. The molecule has 0 aliphatic rings. The van der Waals surface area contributed by atoms with Crippen LogP contribution in [0.4, 0.5) is 0 Å². The molecule has 17 heavy (non-hydrogen) atoms. The van der Waals surface area contributed by atoms with Gasteiger partial charge in [-0.2, -0.15) is 5.26 Å². The molecule has 6 heteroatoms. The zero-order chi connectivity index (χ0) is 12.8. The number of esters is 1. The number of hydrogen-bond donors (Lipinski definition) is 1. The second-order valence-electron chi connectivity index (χ2n) is 3.16. The van der Waals surface area contributed by atoms with Gasteiger partial charge in [0.2, 0.25) is 0 Å². The van der Waals surface area contributed by atoms with Gasteiger partial charge in [-0.1, -0.05) is 29.3 Å². The maximum absolute atomic E-state index is 11.6. The van der Waals surface area contributed by atoms with Crippen molar-refractivity contribution in [3.8, 4) is 6.07 Å². The number of methoxy groups -OCH3 is 1. The first-order valence-electron chi connectivity index (χ1n) is 4.73. The predicted molar refractivity (Wildman–Crippen MR) is 64.8 cm³/mol. The molecule has 0 aliphatic carbocycles. The Morgan fingerprint density at radius 3 is 2.82 bits per heavy atom. The summed E-state index contributed by atoms with van der Waals surface area (Å²) in [6, 6.07) is 5.89. The molecule has 1 N–H and O–H groups in total. The normalized spacial score (nSPS) is 11.6. The summed E-state index contributed by atoms with van der Waals surface area (Å²) in [5, 5.41) is 12.1. The van der Waals surface area contributed by atoms with Crippen LogP contribution in [0.15, 0.2) is 18.2 Å². The molecule has 0 amide bonds. The van der Waals surface area contributed by atoms with E-state index in [9.17, 15) is 4.79 Å². The summed E-state index contributed by atoms with van der Waals surface area (Å²) in [7, 11) is 1.27. The third-order valence-corrected chi connectivity index (χ3v) is 2.66. The van der Waals surface area contributed by atoms with Crippen molar-refractivity contribution in [1.82, 2.24) is 5.32 Å². The summed E-state index contributed by atoms with van der Waals surface area (Å²) in [5.74, 6) is -0.510. The van der Waals surface area contributed by atoms with E-state index in [1.165, 1.54) is 13.2 Å². The third kappa shape index (κ3) is 3.60. The monoisotopic (exact) mass is 272 g/mol. The smallest absolute Gasteiger partial charge is 0.327 e. The molecule has 0 fully saturated rings. The molecular formula is C11H10Cl2N2O2. The Morgan fingerprint density at radius 2 is 2.29 bits per heavy atom. The van der Waals surface area contributed by atoms with E-state index in [0.29, 0.717) is 15.6 Å². The van der Waals surface area contributed by atoms with Crippen LogP contribution in [0.1, 0.15) is 11.6 Å². The number of carbonyl (C=O) groups excluding carboxylic acids is 1. The van der Waals surface area contributed by atoms with E-state index in [1.54, 1.807) is 12.1 Å². The fraction of sp³-hybridized carbons (Fsp3) is 0.273. The van der Waals surface area contributed by atoms with Gasteiger partial charge in [0.05, 0.1) is 19.7 Å². The highest BCUT2D eigenvalue weighted by molar-refractivity contribution is 6.35. The first kappa shape index (κ1) is 13.8. The molecule has 1 rings (SSSR count). The minimum Gasteiger partial charge on any atom is -0.468 e. The second kappa shape index (κ2) is 6.45. The highest BCUT2D eigenvalue weighted by Gasteiger charge is 2.23. The number of hydrogen-bond acceptors (Lipinski definition) is 4. The Kier molecular flexibility index (Phi) is 5.23. The fourth-order valence-electron chi connectivity index (χ4n) is 1.32. The molecule has 0 radical (unpaired) electrons. The Bertz CT molecular complexity index is 457. The number of rotatable bonds is 4. The third-order valence-electron chi connectivity index (χ3n) is 2.10. The van der Waals surface area contributed by atoms with Gasteiger partial charge in [-0.25, -0.2) is 4.79 Å². The van der Waals surface area contributed by atoms with Gasteiger partial charge in [0.25, 0.3) is 0 Å². The van der Waals surface area contributed by atoms with Gasteiger partial charge < -0.3 is 4.74 Å². The molecule has 0 saturated carbocycles.